The van der Waals surface area contributed by atoms with Crippen molar-refractivity contribution in [3.8, 4) is 0 Å². The molecule has 2 aromatic heterocycles. The van der Waals surface area contributed by atoms with Crippen molar-refractivity contribution < 1.29 is 18.0 Å². The molecule has 3 aromatic rings. The Kier molecular flexibility index (Phi) is 5.95. The zero-order valence-corrected chi connectivity index (χ0v) is 18.2. The van der Waals surface area contributed by atoms with Gasteiger partial charge in [0.05, 0.1) is 33.9 Å². The molecule has 4 rings (SSSR count). The van der Waals surface area contributed by atoms with Gasteiger partial charge in [-0.1, -0.05) is 11.6 Å². The van der Waals surface area contributed by atoms with Crippen molar-refractivity contribution in [1.29, 1.82) is 0 Å². The Bertz CT molecular complexity index is 1140. The topological polar surface area (TPSA) is 79.2 Å². The summed E-state index contributed by atoms with van der Waals surface area (Å²) in [6.07, 6.45) is -1.29. The van der Waals surface area contributed by atoms with Crippen molar-refractivity contribution in [2.45, 2.75) is 19.1 Å². The smallest absolute Gasteiger partial charge is 0.353 e. The second-order valence-electron chi connectivity index (χ2n) is 7.58. The van der Waals surface area contributed by atoms with Crippen LogP contribution in [0.15, 0.2) is 30.7 Å². The molecule has 1 atom stereocenters. The second-order valence-corrected chi connectivity index (χ2v) is 7.99. The molecule has 1 fully saturated rings. The summed E-state index contributed by atoms with van der Waals surface area (Å²) in [5.41, 5.74) is -0.190. The molecule has 170 valence electrons. The third kappa shape index (κ3) is 4.35. The number of aryl methyl sites for hydroxylation is 1. The van der Waals surface area contributed by atoms with E-state index in [1.807, 2.05) is 11.9 Å². The minimum Gasteiger partial charge on any atom is -0.353 e. The molecule has 1 N–H and O–H groups in total. The molecule has 0 spiro atoms. The van der Waals surface area contributed by atoms with Gasteiger partial charge in [-0.25, -0.2) is 9.97 Å². The molecule has 0 radical (unpaired) electrons. The minimum atomic E-state index is -4.52. The average molecular weight is 468 g/mol. The molecule has 32 heavy (non-hydrogen) atoms. The van der Waals surface area contributed by atoms with Crippen molar-refractivity contribution in [2.75, 3.05) is 36.4 Å². The maximum Gasteiger partial charge on any atom is 0.416 e. The van der Waals surface area contributed by atoms with Gasteiger partial charge in [0.1, 0.15) is 12.1 Å². The Hall–Kier alpha value is -2.92. The number of benzene rings is 1. The number of nitrogens with zero attached hydrogens (tertiary/aromatic N) is 6. The SMILES string of the molecule is CC(C(=O)Nc1cc(C(F)(F)F)ccc1Cl)N1CCN(c2ncnc3c2cnn3C)CC1. The van der Waals surface area contributed by atoms with Crippen LogP contribution in [0.5, 0.6) is 0 Å². The van der Waals surface area contributed by atoms with Gasteiger partial charge >= 0.3 is 6.18 Å². The lowest BCUT2D eigenvalue weighted by molar-refractivity contribution is -0.137. The van der Waals surface area contributed by atoms with Gasteiger partial charge in [-0.15, -0.1) is 0 Å². The van der Waals surface area contributed by atoms with Crippen molar-refractivity contribution in [2.24, 2.45) is 7.05 Å². The molecule has 1 aromatic carbocycles. The summed E-state index contributed by atoms with van der Waals surface area (Å²) in [7, 11) is 1.81. The predicted octanol–water partition coefficient (Wildman–Crippen LogP) is 3.18. The van der Waals surface area contributed by atoms with E-state index >= 15 is 0 Å². The van der Waals surface area contributed by atoms with Crippen LogP contribution >= 0.6 is 11.6 Å². The van der Waals surface area contributed by atoms with Crippen molar-refractivity contribution >= 4 is 40.0 Å². The Morgan fingerprint density at radius 2 is 1.91 bits per heavy atom. The first-order valence-electron chi connectivity index (χ1n) is 9.94. The molecule has 1 amide bonds. The molecule has 3 heterocycles. The van der Waals surface area contributed by atoms with Crippen LogP contribution in [0.4, 0.5) is 24.7 Å². The number of rotatable bonds is 4. The van der Waals surface area contributed by atoms with Crippen LogP contribution in [0.2, 0.25) is 5.02 Å². The summed E-state index contributed by atoms with van der Waals surface area (Å²) in [6.45, 7) is 4.13. The van der Waals surface area contributed by atoms with Crippen LogP contribution in [0, 0.1) is 0 Å². The van der Waals surface area contributed by atoms with E-state index in [2.05, 4.69) is 25.3 Å². The van der Waals surface area contributed by atoms with Crippen molar-refractivity contribution in [1.82, 2.24) is 24.6 Å². The Morgan fingerprint density at radius 3 is 2.59 bits per heavy atom. The summed E-state index contributed by atoms with van der Waals surface area (Å²) in [5.74, 6) is 0.368. The highest BCUT2D eigenvalue weighted by Crippen LogP contribution is 2.34. The van der Waals surface area contributed by atoms with Crippen LogP contribution in [0.1, 0.15) is 12.5 Å². The van der Waals surface area contributed by atoms with Crippen LogP contribution in [0.3, 0.4) is 0 Å². The Balaban J connectivity index is 1.41. The van der Waals surface area contributed by atoms with Crippen LogP contribution in [-0.4, -0.2) is 62.8 Å². The molecule has 1 unspecified atom stereocenters. The van der Waals surface area contributed by atoms with Crippen LogP contribution in [0.25, 0.3) is 11.0 Å². The number of piperazine rings is 1. The fourth-order valence-corrected chi connectivity index (χ4v) is 3.89. The number of hydrogen-bond acceptors (Lipinski definition) is 6. The van der Waals surface area contributed by atoms with Gasteiger partial charge in [-0.3, -0.25) is 14.4 Å². The summed E-state index contributed by atoms with van der Waals surface area (Å²) in [4.78, 5) is 25.4. The number of anilines is 2. The van der Waals surface area contributed by atoms with Gasteiger partial charge in [0.25, 0.3) is 0 Å². The van der Waals surface area contributed by atoms with Crippen LogP contribution in [-0.2, 0) is 18.0 Å². The first-order valence-corrected chi connectivity index (χ1v) is 10.3. The molecule has 1 aliphatic heterocycles. The van der Waals surface area contributed by atoms with Gasteiger partial charge in [-0.05, 0) is 25.1 Å². The largest absolute Gasteiger partial charge is 0.416 e. The number of alkyl halides is 3. The molecular weight excluding hydrogens is 447 g/mol. The predicted molar refractivity (Wildman–Crippen MR) is 115 cm³/mol. The summed E-state index contributed by atoms with van der Waals surface area (Å²) in [5, 5.41) is 7.66. The fraction of sp³-hybridized carbons (Fsp3) is 0.400. The summed E-state index contributed by atoms with van der Waals surface area (Å²) in [6, 6.07) is 2.31. The van der Waals surface area contributed by atoms with Crippen molar-refractivity contribution in [3.05, 3.63) is 41.3 Å². The lowest BCUT2D eigenvalue weighted by Gasteiger charge is -2.38. The molecule has 1 saturated heterocycles. The first kappa shape index (κ1) is 22.3. The highest BCUT2D eigenvalue weighted by molar-refractivity contribution is 6.33. The zero-order chi connectivity index (χ0) is 23.0. The van der Waals surface area contributed by atoms with E-state index in [0.29, 0.717) is 26.2 Å². The van der Waals surface area contributed by atoms with E-state index in [0.717, 1.165) is 35.1 Å². The van der Waals surface area contributed by atoms with E-state index in [1.165, 1.54) is 6.33 Å². The van der Waals surface area contributed by atoms with Gasteiger partial charge < -0.3 is 10.2 Å². The zero-order valence-electron chi connectivity index (χ0n) is 17.4. The molecule has 0 aliphatic carbocycles. The number of amides is 1. The average Bonchev–Trinajstić information content (AvgIpc) is 3.15. The number of aromatic nitrogens is 4. The molecule has 1 aliphatic rings. The van der Waals surface area contributed by atoms with E-state index in [-0.39, 0.29) is 10.7 Å². The third-order valence-electron chi connectivity index (χ3n) is 5.60. The second kappa shape index (κ2) is 8.55. The van der Waals surface area contributed by atoms with E-state index in [9.17, 15) is 18.0 Å². The number of nitrogens with one attached hydrogen (secondary N) is 1. The van der Waals surface area contributed by atoms with E-state index in [4.69, 9.17) is 11.6 Å². The quantitative estimate of drug-likeness (QED) is 0.635. The van der Waals surface area contributed by atoms with Gasteiger partial charge in [0.2, 0.25) is 5.91 Å². The van der Waals surface area contributed by atoms with Gasteiger partial charge in [0.15, 0.2) is 5.65 Å². The fourth-order valence-electron chi connectivity index (χ4n) is 3.72. The Labute approximate surface area is 187 Å². The molecule has 12 heteroatoms. The normalized spacial score (nSPS) is 16.4. The Morgan fingerprint density at radius 1 is 1.19 bits per heavy atom. The number of hydrogen-bond donors (Lipinski definition) is 1. The third-order valence-corrected chi connectivity index (χ3v) is 5.93. The van der Waals surface area contributed by atoms with Crippen LogP contribution < -0.4 is 10.2 Å². The molecule has 0 saturated carbocycles. The first-order chi connectivity index (χ1) is 15.1. The lowest BCUT2D eigenvalue weighted by Crippen LogP contribution is -2.53. The van der Waals surface area contributed by atoms with Gasteiger partial charge in [-0.2, -0.15) is 18.3 Å². The number of carbonyl (C=O) groups is 1. The minimum absolute atomic E-state index is 0.0487. The molecular formula is C20H21ClF3N7O. The lowest BCUT2D eigenvalue weighted by atomic mass is 10.1. The maximum atomic E-state index is 13.0. The number of fused-ring (bicyclic) bond motifs is 1. The molecule has 0 bridgehead atoms. The monoisotopic (exact) mass is 467 g/mol. The van der Waals surface area contributed by atoms with Crippen molar-refractivity contribution in [3.63, 3.8) is 0 Å². The molecule has 8 nitrogen and oxygen atoms in total. The maximum absolute atomic E-state index is 13.0. The summed E-state index contributed by atoms with van der Waals surface area (Å²) < 4.78 is 40.6. The van der Waals surface area contributed by atoms with E-state index in [1.54, 1.807) is 17.8 Å². The highest BCUT2D eigenvalue weighted by atomic mass is 35.5. The summed E-state index contributed by atoms with van der Waals surface area (Å²) >= 11 is 6.00. The van der Waals surface area contributed by atoms with Gasteiger partial charge in [0, 0.05) is 33.2 Å². The standard InChI is InChI=1S/C20H21ClF3N7O/c1-12(19(32)28-16-9-13(20(22,23)24)3-4-15(16)21)30-5-7-31(8-6-30)18-14-10-27-29(2)17(14)25-11-26-18/h3-4,9-12H,5-8H2,1-2H3,(H,28,32). The highest BCUT2D eigenvalue weighted by Gasteiger charge is 2.32. The number of carbonyl (C=O) groups excluding carboxylic acids is 1. The van der Waals surface area contributed by atoms with E-state index < -0.39 is 23.7 Å². The number of halogens is 4.